The molecule has 126 valence electrons. The van der Waals surface area contributed by atoms with Gasteiger partial charge in [0.2, 0.25) is 0 Å². The van der Waals surface area contributed by atoms with Crippen LogP contribution in [0.1, 0.15) is 41.5 Å². The summed E-state index contributed by atoms with van der Waals surface area (Å²) in [6.45, 7) is 6.34. The van der Waals surface area contributed by atoms with E-state index in [1.165, 1.54) is 39.0 Å². The fourth-order valence-corrected chi connectivity index (χ4v) is 5.36. The maximum atomic E-state index is 4.25. The van der Waals surface area contributed by atoms with Gasteiger partial charge in [0, 0.05) is 5.92 Å². The Morgan fingerprint density at radius 3 is 2.62 bits per heavy atom. The molecule has 0 aliphatic heterocycles. The van der Waals surface area contributed by atoms with Crippen LogP contribution < -0.4 is 0 Å². The van der Waals surface area contributed by atoms with Crippen molar-refractivity contribution in [3.05, 3.63) is 125 Å². The maximum Gasteiger partial charge on any atom is 0.0685 e. The van der Waals surface area contributed by atoms with Gasteiger partial charge in [-0.25, -0.2) is 0 Å². The molecule has 1 spiro atoms. The first-order valence-electron chi connectivity index (χ1n) is 9.40. The van der Waals surface area contributed by atoms with E-state index in [-0.39, 0.29) is 5.41 Å². The first kappa shape index (κ1) is 15.4. The minimum absolute atomic E-state index is 0.195. The summed E-state index contributed by atoms with van der Waals surface area (Å²) < 4.78 is 0. The Morgan fingerprint density at radius 1 is 1.04 bits per heavy atom. The molecule has 2 unspecified atom stereocenters. The lowest BCUT2D eigenvalue weighted by Gasteiger charge is -2.33. The highest BCUT2D eigenvalue weighted by atomic mass is 14.6. The van der Waals surface area contributed by atoms with Gasteiger partial charge in [-0.05, 0) is 52.3 Å². The third-order valence-corrected chi connectivity index (χ3v) is 6.19. The minimum atomic E-state index is -0.195. The van der Waals surface area contributed by atoms with Crippen LogP contribution >= 0.6 is 0 Å². The molecule has 0 nitrogen and oxygen atoms in total. The molecule has 5 rings (SSSR count). The number of fused-ring (bicyclic) bond motifs is 7. The van der Waals surface area contributed by atoms with Gasteiger partial charge in [-0.1, -0.05) is 91.6 Å². The zero-order valence-corrected chi connectivity index (χ0v) is 15.1. The lowest BCUT2D eigenvalue weighted by Crippen LogP contribution is -2.28. The van der Waals surface area contributed by atoms with Gasteiger partial charge in [-0.3, -0.25) is 0 Å². The number of hydrogen-bond acceptors (Lipinski definition) is 0. The first-order chi connectivity index (χ1) is 12.8. The predicted molar refractivity (Wildman–Crippen MR) is 110 cm³/mol. The van der Waals surface area contributed by atoms with E-state index in [4.69, 9.17) is 0 Å². The Labute approximate surface area is 155 Å². The normalized spacial score (nSPS) is 25.4. The van der Waals surface area contributed by atoms with Crippen molar-refractivity contribution < 1.29 is 0 Å². The molecule has 0 heteroatoms. The lowest BCUT2D eigenvalue weighted by molar-refractivity contribution is 0.704. The molecule has 0 amide bonds. The van der Waals surface area contributed by atoms with Gasteiger partial charge in [0.05, 0.1) is 5.41 Å². The van der Waals surface area contributed by atoms with Crippen LogP contribution in [0.2, 0.25) is 0 Å². The summed E-state index contributed by atoms with van der Waals surface area (Å²) in [6.07, 6.45) is 14.4. The summed E-state index contributed by atoms with van der Waals surface area (Å²) in [7, 11) is 0. The minimum Gasteiger partial charge on any atom is -0.0987 e. The monoisotopic (exact) mass is 334 g/mol. The fraction of sp³-hybridized carbons (Fsp3) is 0.154. The average Bonchev–Trinajstić information content (AvgIpc) is 3.15. The maximum absolute atomic E-state index is 4.25. The highest BCUT2D eigenvalue weighted by Crippen LogP contribution is 2.64. The summed E-state index contributed by atoms with van der Waals surface area (Å²) in [5.41, 5.74) is 9.59. The zero-order chi connectivity index (χ0) is 17.7. The summed E-state index contributed by atoms with van der Waals surface area (Å²) in [5.74, 6) is 0.462. The third-order valence-electron chi connectivity index (χ3n) is 6.19. The molecule has 0 saturated heterocycles. The van der Waals surface area contributed by atoms with Gasteiger partial charge in [0.15, 0.2) is 0 Å². The quantitative estimate of drug-likeness (QED) is 0.589. The summed E-state index contributed by atoms with van der Waals surface area (Å²) in [4.78, 5) is 0. The second-order valence-electron chi connectivity index (χ2n) is 7.25. The van der Waals surface area contributed by atoms with Gasteiger partial charge in [-0.2, -0.15) is 0 Å². The van der Waals surface area contributed by atoms with Crippen molar-refractivity contribution in [2.75, 3.05) is 0 Å². The van der Waals surface area contributed by atoms with E-state index in [1.54, 1.807) is 0 Å². The largest absolute Gasteiger partial charge is 0.0987 e. The predicted octanol–water partition coefficient (Wildman–Crippen LogP) is 6.49. The average molecular weight is 334 g/mol. The highest BCUT2D eigenvalue weighted by molar-refractivity contribution is 5.93. The molecule has 0 fully saturated rings. The van der Waals surface area contributed by atoms with Crippen molar-refractivity contribution >= 4 is 5.57 Å². The molecule has 26 heavy (non-hydrogen) atoms. The van der Waals surface area contributed by atoms with Gasteiger partial charge in [0.25, 0.3) is 0 Å². The zero-order valence-electron chi connectivity index (χ0n) is 15.1. The molecule has 0 saturated carbocycles. The molecule has 0 N–H and O–H groups in total. The van der Waals surface area contributed by atoms with Crippen molar-refractivity contribution in [1.82, 2.24) is 0 Å². The number of benzene rings is 2. The molecule has 2 atom stereocenters. The molecule has 2 aromatic carbocycles. The van der Waals surface area contributed by atoms with E-state index in [9.17, 15) is 0 Å². The highest BCUT2D eigenvalue weighted by Gasteiger charge is 2.54. The smallest absolute Gasteiger partial charge is 0.0685 e. The SMILES string of the molecule is C=CC1=C(/C=C\C)c2ccccc2C12C1=CC=CCC1c1ccccc12. The second kappa shape index (κ2) is 5.57. The fourth-order valence-electron chi connectivity index (χ4n) is 5.36. The third kappa shape index (κ3) is 1.69. The van der Waals surface area contributed by atoms with Crippen LogP contribution in [0, 0.1) is 0 Å². The van der Waals surface area contributed by atoms with Crippen molar-refractivity contribution in [2.24, 2.45) is 0 Å². The van der Waals surface area contributed by atoms with Gasteiger partial charge in [0.1, 0.15) is 0 Å². The summed E-state index contributed by atoms with van der Waals surface area (Å²) in [6, 6.07) is 17.9. The van der Waals surface area contributed by atoms with Crippen LogP contribution in [0.25, 0.3) is 5.57 Å². The molecule has 0 bridgehead atoms. The molecule has 2 aromatic rings. The van der Waals surface area contributed by atoms with Crippen LogP contribution in [-0.4, -0.2) is 0 Å². The van der Waals surface area contributed by atoms with Crippen LogP contribution in [-0.2, 0) is 5.41 Å². The molecule has 0 heterocycles. The summed E-state index contributed by atoms with van der Waals surface area (Å²) in [5, 5.41) is 0. The second-order valence-corrected chi connectivity index (χ2v) is 7.25. The Hall–Kier alpha value is -2.86. The van der Waals surface area contributed by atoms with Gasteiger partial charge < -0.3 is 0 Å². The van der Waals surface area contributed by atoms with Crippen LogP contribution in [0.3, 0.4) is 0 Å². The Kier molecular flexibility index (Phi) is 3.30. The number of hydrogen-bond donors (Lipinski definition) is 0. The van der Waals surface area contributed by atoms with Crippen LogP contribution in [0.15, 0.2) is 103 Å². The molecular formula is C26H22. The summed E-state index contributed by atoms with van der Waals surface area (Å²) >= 11 is 0. The molecule has 0 aromatic heterocycles. The Morgan fingerprint density at radius 2 is 1.81 bits per heavy atom. The van der Waals surface area contributed by atoms with Crippen molar-refractivity contribution in [3.8, 4) is 0 Å². The van der Waals surface area contributed by atoms with Crippen molar-refractivity contribution in [3.63, 3.8) is 0 Å². The van der Waals surface area contributed by atoms with E-state index in [0.717, 1.165) is 6.42 Å². The van der Waals surface area contributed by atoms with E-state index >= 15 is 0 Å². The van der Waals surface area contributed by atoms with Crippen LogP contribution in [0.4, 0.5) is 0 Å². The molecule has 0 radical (unpaired) electrons. The van der Waals surface area contributed by atoms with Crippen molar-refractivity contribution in [1.29, 1.82) is 0 Å². The Balaban J connectivity index is 1.97. The van der Waals surface area contributed by atoms with E-state index < -0.39 is 0 Å². The van der Waals surface area contributed by atoms with E-state index in [1.807, 2.05) is 0 Å². The lowest BCUT2D eigenvalue weighted by atomic mass is 9.68. The standard InChI is InChI=1S/C26H22/c1-3-11-18-19-12-5-8-15-23(19)26(22(18)4-2)24-16-9-6-13-20(24)21-14-7-10-17-25(21)26/h3-13,15-17,21H,2,14H2,1H3/b11-3-. The topological polar surface area (TPSA) is 0 Å². The number of allylic oxidation sites excluding steroid dienone is 9. The molecule has 3 aliphatic rings. The van der Waals surface area contributed by atoms with Gasteiger partial charge >= 0.3 is 0 Å². The number of rotatable bonds is 2. The first-order valence-corrected chi connectivity index (χ1v) is 9.40. The van der Waals surface area contributed by atoms with Crippen LogP contribution in [0.5, 0.6) is 0 Å². The van der Waals surface area contributed by atoms with Crippen molar-refractivity contribution in [2.45, 2.75) is 24.7 Å². The molecule has 3 aliphatic carbocycles. The Bertz CT molecular complexity index is 1040. The van der Waals surface area contributed by atoms with E-state index in [0.29, 0.717) is 5.92 Å². The molecular weight excluding hydrogens is 312 g/mol. The van der Waals surface area contributed by atoms with E-state index in [2.05, 4.69) is 98.5 Å². The van der Waals surface area contributed by atoms with Gasteiger partial charge in [-0.15, -0.1) is 0 Å².